The summed E-state index contributed by atoms with van der Waals surface area (Å²) in [4.78, 5) is 14.5. The maximum atomic E-state index is 12.4. The van der Waals surface area contributed by atoms with Crippen LogP contribution in [-0.2, 0) is 23.6 Å². The molecule has 11 nitrogen and oxygen atoms in total. The molecule has 3 rings (SSSR count). The van der Waals surface area contributed by atoms with Crippen LogP contribution < -0.4 is 26.6 Å². The van der Waals surface area contributed by atoms with Gasteiger partial charge in [-0.05, 0) is 51.3 Å². The molecule has 0 aromatic carbocycles. The quantitative estimate of drug-likeness (QED) is 0.110. The normalized spacial score (nSPS) is 34.4. The van der Waals surface area contributed by atoms with Crippen LogP contribution in [0.5, 0.6) is 0 Å². The number of carbonyl (C=O) groups is 1. The molecule has 2 aliphatic carbocycles. The Labute approximate surface area is 260 Å². The van der Waals surface area contributed by atoms with Gasteiger partial charge in [0, 0.05) is 45.8 Å². The predicted octanol–water partition coefficient (Wildman–Crippen LogP) is 2.08. The van der Waals surface area contributed by atoms with Gasteiger partial charge in [-0.3, -0.25) is 30.6 Å². The van der Waals surface area contributed by atoms with E-state index in [-0.39, 0.29) is 54.1 Å². The molecule has 0 bridgehead atoms. The fraction of sp³-hybridized carbons (Fsp3) is 0.897. The van der Waals surface area contributed by atoms with E-state index in [1.165, 1.54) is 31.8 Å². The smallest absolute Gasteiger partial charge is 0.243 e. The van der Waals surface area contributed by atoms with E-state index in [9.17, 15) is 4.79 Å². The molecule has 0 aromatic rings. The summed E-state index contributed by atoms with van der Waals surface area (Å²) in [6.07, 6.45) is 7.01. The highest BCUT2D eigenvalue weighted by molar-refractivity contribution is 7.00. The van der Waals surface area contributed by atoms with E-state index in [4.69, 9.17) is 30.4 Å². The molecule has 5 N–H and O–H groups in total. The van der Waals surface area contributed by atoms with E-state index >= 15 is 0 Å². The van der Waals surface area contributed by atoms with Gasteiger partial charge in [-0.2, -0.15) is 0 Å². The van der Waals surface area contributed by atoms with Crippen molar-refractivity contribution in [2.75, 3.05) is 48.0 Å². The van der Waals surface area contributed by atoms with Crippen molar-refractivity contribution in [3.63, 3.8) is 0 Å². The monoisotopic (exact) mass is 634 g/mol. The highest BCUT2D eigenvalue weighted by Gasteiger charge is 2.42. The van der Waals surface area contributed by atoms with Crippen LogP contribution in [0, 0.1) is 11.8 Å². The second-order valence-corrected chi connectivity index (χ2v) is 12.9. The van der Waals surface area contributed by atoms with Crippen molar-refractivity contribution < 1.29 is 23.6 Å². The number of alkyl halides is 1. The van der Waals surface area contributed by atoms with Crippen LogP contribution >= 0.6 is 20.7 Å². The molecule has 3 fully saturated rings. The number of nitrogens with zero attached hydrogens (tertiary/aromatic N) is 1. The summed E-state index contributed by atoms with van der Waals surface area (Å²) < 4.78 is 26.0. The van der Waals surface area contributed by atoms with E-state index in [1.807, 2.05) is 14.1 Å². The highest BCUT2D eigenvalue weighted by atomic mass is 35.5. The molecule has 13 heteroatoms. The summed E-state index contributed by atoms with van der Waals surface area (Å²) in [7, 11) is 9.16. The Morgan fingerprint density at radius 3 is 2.43 bits per heavy atom. The van der Waals surface area contributed by atoms with Crippen molar-refractivity contribution >= 4 is 26.6 Å². The minimum atomic E-state index is -0.222. The fourth-order valence-corrected chi connectivity index (χ4v) is 6.88. The van der Waals surface area contributed by atoms with Gasteiger partial charge in [0.05, 0.1) is 42.5 Å². The summed E-state index contributed by atoms with van der Waals surface area (Å²) in [5, 5.41) is 17.8. The Morgan fingerprint density at radius 2 is 1.81 bits per heavy atom. The molecule has 10 atom stereocenters. The minimum Gasteiger partial charge on any atom is -0.382 e. The Hall–Kier alpha value is -0.720. The average Bonchev–Trinajstić information content (AvgIpc) is 2.97. The lowest BCUT2D eigenvalue weighted by atomic mass is 9.77. The van der Waals surface area contributed by atoms with Crippen LogP contribution in [0.15, 0.2) is 12.7 Å². The number of carbonyl (C=O) groups excluding carboxylic acids is 1. The summed E-state index contributed by atoms with van der Waals surface area (Å²) in [5.74, 6) is 1.10. The van der Waals surface area contributed by atoms with Crippen molar-refractivity contribution in [2.24, 2.45) is 11.8 Å². The van der Waals surface area contributed by atoms with Gasteiger partial charge < -0.3 is 24.4 Å². The first kappa shape index (κ1) is 37.5. The van der Waals surface area contributed by atoms with E-state index < -0.39 is 0 Å². The number of methoxy groups -OCH3 is 2. The summed E-state index contributed by atoms with van der Waals surface area (Å²) >= 11 is 6.79. The molecule has 42 heavy (non-hydrogen) atoms. The van der Waals surface area contributed by atoms with Crippen LogP contribution in [0.3, 0.4) is 0 Å². The van der Waals surface area contributed by atoms with E-state index in [0.29, 0.717) is 50.4 Å². The van der Waals surface area contributed by atoms with Crippen molar-refractivity contribution in [2.45, 2.75) is 107 Å². The summed E-state index contributed by atoms with van der Waals surface area (Å²) in [6, 6.07) is 0.236. The number of amides is 1. The number of hydrogen-bond donors (Lipinski definition) is 5. The molecular formula is C29H56ClN6O5P. The van der Waals surface area contributed by atoms with E-state index in [1.54, 1.807) is 23.3 Å². The SMILES string of the molecule is C=CC(=O)NC1CC(NC2NCC(Cl)C(NC3CCCCC3C(C)C)N2)C(OC)CC1O[C@@H](COC)CN(C)C.O=P. The maximum absolute atomic E-state index is 12.4. The second kappa shape index (κ2) is 19.6. The van der Waals surface area contributed by atoms with Crippen LogP contribution in [0.25, 0.3) is 0 Å². The Bertz CT molecular complexity index is 802. The third kappa shape index (κ3) is 11.7. The number of halogens is 1. The molecule has 1 aliphatic heterocycles. The van der Waals surface area contributed by atoms with Crippen LogP contribution in [0.2, 0.25) is 0 Å². The largest absolute Gasteiger partial charge is 0.382 e. The van der Waals surface area contributed by atoms with Crippen LogP contribution in [0.1, 0.15) is 52.4 Å². The first-order valence-corrected chi connectivity index (χ1v) is 16.1. The molecule has 244 valence electrons. The molecule has 1 heterocycles. The van der Waals surface area contributed by atoms with Gasteiger partial charge in [-0.15, -0.1) is 11.6 Å². The molecule has 1 saturated heterocycles. The molecule has 9 unspecified atom stereocenters. The minimum absolute atomic E-state index is 0.0115. The van der Waals surface area contributed by atoms with Crippen molar-refractivity contribution in [1.29, 1.82) is 0 Å². The Kier molecular flexibility index (Phi) is 17.5. The van der Waals surface area contributed by atoms with Gasteiger partial charge in [0.1, 0.15) is 15.4 Å². The van der Waals surface area contributed by atoms with Crippen molar-refractivity contribution in [3.8, 4) is 0 Å². The Balaban J connectivity index is 0.00000301. The molecular weight excluding hydrogens is 579 g/mol. The van der Waals surface area contributed by atoms with Gasteiger partial charge >= 0.3 is 0 Å². The van der Waals surface area contributed by atoms with Crippen molar-refractivity contribution in [1.82, 2.24) is 31.5 Å². The van der Waals surface area contributed by atoms with Gasteiger partial charge in [0.25, 0.3) is 0 Å². The fourth-order valence-electron chi connectivity index (χ4n) is 6.65. The Morgan fingerprint density at radius 1 is 1.10 bits per heavy atom. The van der Waals surface area contributed by atoms with Gasteiger partial charge in [-0.1, -0.05) is 33.3 Å². The average molecular weight is 635 g/mol. The number of likely N-dealkylation sites (N-methyl/N-ethyl adjacent to an activating group) is 1. The van der Waals surface area contributed by atoms with Crippen LogP contribution in [0.4, 0.5) is 0 Å². The number of rotatable bonds is 14. The number of nitrogens with one attached hydrogen (secondary N) is 5. The lowest BCUT2D eigenvalue weighted by Gasteiger charge is -2.46. The molecule has 0 radical (unpaired) electrons. The van der Waals surface area contributed by atoms with Crippen LogP contribution in [-0.4, -0.2) is 113 Å². The van der Waals surface area contributed by atoms with Crippen molar-refractivity contribution in [3.05, 3.63) is 12.7 Å². The molecule has 0 aromatic heterocycles. The maximum Gasteiger partial charge on any atom is 0.243 e. The third-order valence-electron chi connectivity index (χ3n) is 8.65. The van der Waals surface area contributed by atoms with Gasteiger partial charge in [0.15, 0.2) is 0 Å². The summed E-state index contributed by atoms with van der Waals surface area (Å²) in [5.41, 5.74) is 0. The lowest BCUT2D eigenvalue weighted by molar-refractivity contribution is -0.128. The zero-order valence-corrected chi connectivity index (χ0v) is 28.1. The molecule has 2 saturated carbocycles. The zero-order chi connectivity index (χ0) is 31.2. The molecule has 0 spiro atoms. The summed E-state index contributed by atoms with van der Waals surface area (Å²) in [6.45, 7) is 10.2. The van der Waals surface area contributed by atoms with E-state index in [0.717, 1.165) is 0 Å². The molecule has 3 aliphatic rings. The first-order chi connectivity index (χ1) is 20.1. The topological polar surface area (TPSA) is 125 Å². The van der Waals surface area contributed by atoms with E-state index in [2.05, 4.69) is 51.9 Å². The first-order valence-electron chi connectivity index (χ1n) is 15.3. The number of hydrogen-bond acceptors (Lipinski definition) is 10. The predicted molar refractivity (Wildman–Crippen MR) is 169 cm³/mol. The van der Waals surface area contributed by atoms with Gasteiger partial charge in [-0.25, -0.2) is 0 Å². The van der Waals surface area contributed by atoms with Gasteiger partial charge in [0.2, 0.25) is 5.91 Å². The second-order valence-electron chi connectivity index (χ2n) is 12.3. The third-order valence-corrected chi connectivity index (χ3v) is 9.06. The standard InChI is InChI=1S/C29H55ClN6O4.HOP/c1-8-27(37)32-24-13-23(25(39-7)14-26(24)40-19(17-38-6)16-36(4)5)34-29-31-15-21(30)28(35-29)33-22-12-10-9-11-20(22)18(2)3;1-2/h8,18-26,28-29,31,33-35H,1,9-17H2,2-7H3,(H,32,37);2H/t19-,20?,21?,22?,23?,24?,25?,26?,28?,29?;/m1./s1. The zero-order valence-electron chi connectivity index (χ0n) is 26.4. The lowest BCUT2D eigenvalue weighted by Crippen LogP contribution is -2.72. The molecule has 1 amide bonds. The number of ether oxygens (including phenoxy) is 3. The highest BCUT2D eigenvalue weighted by Crippen LogP contribution is 2.31.